The lowest BCUT2D eigenvalue weighted by Crippen LogP contribution is -2.34. The molecule has 1 heterocycles. The molecule has 1 fully saturated rings. The predicted molar refractivity (Wildman–Crippen MR) is 133 cm³/mol. The van der Waals surface area contributed by atoms with E-state index in [4.69, 9.17) is 9.97 Å². The lowest BCUT2D eigenvalue weighted by molar-refractivity contribution is 0.308. The van der Waals surface area contributed by atoms with Crippen LogP contribution >= 0.6 is 0 Å². The largest absolute Gasteiger partial charge is 0.383 e. The van der Waals surface area contributed by atoms with Crippen LogP contribution in [0.4, 0.5) is 5.82 Å². The molecule has 0 amide bonds. The number of hydrogen-bond donors (Lipinski definition) is 1. The molecule has 0 aliphatic heterocycles. The zero-order chi connectivity index (χ0) is 22.4. The molecule has 31 heavy (non-hydrogen) atoms. The first-order valence-electron chi connectivity index (χ1n) is 10.8. The molecule has 1 aromatic carbocycles. The first-order chi connectivity index (χ1) is 14.9. The minimum atomic E-state index is 0.454. The normalized spacial score (nSPS) is 19.3. The molecule has 5 heteroatoms. The van der Waals surface area contributed by atoms with E-state index < -0.39 is 0 Å². The molecule has 162 valence electrons. The van der Waals surface area contributed by atoms with E-state index in [9.17, 15) is 0 Å². The van der Waals surface area contributed by atoms with Crippen molar-refractivity contribution in [2.24, 2.45) is 10.9 Å². The number of nitrogens with zero attached hydrogens (tertiary/aromatic N) is 4. The highest BCUT2D eigenvalue weighted by molar-refractivity contribution is 6.11. The van der Waals surface area contributed by atoms with Crippen molar-refractivity contribution in [3.8, 4) is 11.4 Å². The Hall–Kier alpha value is -3.21. The summed E-state index contributed by atoms with van der Waals surface area (Å²) in [6, 6.07) is 8.74. The second-order valence-corrected chi connectivity index (χ2v) is 8.34. The van der Waals surface area contributed by atoms with Gasteiger partial charge in [-0.3, -0.25) is 4.99 Å². The van der Waals surface area contributed by atoms with Gasteiger partial charge in [0.1, 0.15) is 5.82 Å². The second-order valence-electron chi connectivity index (χ2n) is 8.34. The third-order valence-corrected chi connectivity index (χ3v) is 5.46. The van der Waals surface area contributed by atoms with Crippen molar-refractivity contribution in [3.05, 3.63) is 66.5 Å². The molecule has 1 aromatic heterocycles. The van der Waals surface area contributed by atoms with E-state index in [2.05, 4.69) is 42.1 Å². The molecule has 0 spiro atoms. The smallest absolute Gasteiger partial charge is 0.161 e. The second kappa shape index (κ2) is 10.2. The lowest BCUT2D eigenvalue weighted by atomic mass is 9.82. The fourth-order valence-corrected chi connectivity index (χ4v) is 3.86. The first-order valence-corrected chi connectivity index (χ1v) is 10.8. The van der Waals surface area contributed by atoms with Crippen LogP contribution in [0.2, 0.25) is 0 Å². The average Bonchev–Trinajstić information content (AvgIpc) is 2.75. The van der Waals surface area contributed by atoms with Gasteiger partial charge in [0.15, 0.2) is 5.82 Å². The summed E-state index contributed by atoms with van der Waals surface area (Å²) in [5.74, 6) is 2.34. The van der Waals surface area contributed by atoms with Crippen molar-refractivity contribution >= 4 is 23.2 Å². The van der Waals surface area contributed by atoms with Crippen molar-refractivity contribution in [3.63, 3.8) is 0 Å². The summed E-state index contributed by atoms with van der Waals surface area (Å²) in [4.78, 5) is 15.9. The molecule has 0 bridgehead atoms. The number of rotatable bonds is 8. The maximum Gasteiger partial charge on any atom is 0.161 e. The number of aromatic nitrogens is 2. The van der Waals surface area contributed by atoms with Gasteiger partial charge in [-0.2, -0.15) is 0 Å². The Morgan fingerprint density at radius 3 is 2.65 bits per heavy atom. The highest BCUT2D eigenvalue weighted by Gasteiger charge is 2.26. The Morgan fingerprint density at radius 1 is 1.26 bits per heavy atom. The van der Waals surface area contributed by atoms with Gasteiger partial charge in [0.05, 0.1) is 0 Å². The molecule has 1 saturated carbocycles. The monoisotopic (exact) mass is 415 g/mol. The van der Waals surface area contributed by atoms with Crippen LogP contribution < -0.4 is 5.32 Å². The highest BCUT2D eigenvalue weighted by atomic mass is 15.1. The molecular formula is C26H33N5. The maximum absolute atomic E-state index is 4.95. The Bertz CT molecular complexity index is 1010. The summed E-state index contributed by atoms with van der Waals surface area (Å²) in [6.07, 6.45) is 12.1. The van der Waals surface area contributed by atoms with E-state index in [1.165, 1.54) is 12.8 Å². The molecule has 1 aliphatic carbocycles. The minimum absolute atomic E-state index is 0.454. The van der Waals surface area contributed by atoms with E-state index in [0.717, 1.165) is 39.6 Å². The number of nitrogens with one attached hydrogen (secondary N) is 1. The van der Waals surface area contributed by atoms with Crippen LogP contribution in [0.1, 0.15) is 37.8 Å². The van der Waals surface area contributed by atoms with Crippen LogP contribution in [0, 0.1) is 5.92 Å². The molecule has 3 rings (SSSR count). The molecule has 0 radical (unpaired) electrons. The van der Waals surface area contributed by atoms with Crippen LogP contribution in [0.3, 0.4) is 0 Å². The van der Waals surface area contributed by atoms with Crippen LogP contribution in [0.15, 0.2) is 60.4 Å². The zero-order valence-electron chi connectivity index (χ0n) is 19.3. The molecule has 0 atom stereocenters. The van der Waals surface area contributed by atoms with Gasteiger partial charge in [0.2, 0.25) is 0 Å². The van der Waals surface area contributed by atoms with E-state index in [0.29, 0.717) is 11.9 Å². The Kier molecular flexibility index (Phi) is 7.40. The molecule has 1 N–H and O–H groups in total. The number of allylic oxidation sites excluding steroid dienone is 4. The lowest BCUT2D eigenvalue weighted by Gasteiger charge is -2.34. The van der Waals surface area contributed by atoms with Crippen molar-refractivity contribution in [2.45, 2.75) is 32.7 Å². The van der Waals surface area contributed by atoms with Gasteiger partial charge >= 0.3 is 0 Å². The molecule has 1 aliphatic rings. The van der Waals surface area contributed by atoms with Crippen molar-refractivity contribution in [1.82, 2.24) is 14.9 Å². The van der Waals surface area contributed by atoms with Crippen LogP contribution in [-0.2, 0) is 0 Å². The van der Waals surface area contributed by atoms with Crippen LogP contribution in [0.5, 0.6) is 0 Å². The van der Waals surface area contributed by atoms with Crippen molar-refractivity contribution in [1.29, 1.82) is 0 Å². The molecule has 2 aromatic rings. The first kappa shape index (κ1) is 22.5. The molecule has 0 saturated heterocycles. The zero-order valence-corrected chi connectivity index (χ0v) is 19.3. The Labute approximate surface area is 186 Å². The summed E-state index contributed by atoms with van der Waals surface area (Å²) in [5, 5.41) is 3.65. The van der Waals surface area contributed by atoms with E-state index in [1.807, 2.05) is 62.6 Å². The summed E-state index contributed by atoms with van der Waals surface area (Å²) in [7, 11) is 5.79. The Morgan fingerprint density at radius 2 is 2.03 bits per heavy atom. The number of benzene rings is 1. The van der Waals surface area contributed by atoms with E-state index >= 15 is 0 Å². The molecular weight excluding hydrogens is 382 g/mol. The summed E-state index contributed by atoms with van der Waals surface area (Å²) in [6.45, 7) is 8.26. The van der Waals surface area contributed by atoms with Gasteiger partial charge in [0.25, 0.3) is 0 Å². The SMILES string of the molecule is C=C/C(=C\N(C)C)c1cccc(-c2ncc(C(/C=N\C)=C/C)c(NC3CC(C)C3)n2)c1. The predicted octanol–water partition coefficient (Wildman–Crippen LogP) is 5.55. The van der Waals surface area contributed by atoms with Gasteiger partial charge in [-0.25, -0.2) is 9.97 Å². The van der Waals surface area contributed by atoms with Crippen LogP contribution in [0.25, 0.3) is 22.5 Å². The van der Waals surface area contributed by atoms with E-state index in [-0.39, 0.29) is 0 Å². The van der Waals surface area contributed by atoms with Crippen molar-refractivity contribution in [2.75, 3.05) is 26.5 Å². The number of hydrogen-bond acceptors (Lipinski definition) is 5. The standard InChI is InChI=1S/C26H33N5/c1-7-19(15-27-4)24-16-28-25(30-26(24)29-23-12-18(3)13-23)22-11-9-10-21(14-22)20(8-2)17-31(5)6/h7-11,14-18,23H,2,12-13H2,1,3-6H3,(H,28,29,30)/b19-7+,20-17+,27-15-. The fraction of sp³-hybridized carbons (Fsp3) is 0.346. The molecule has 5 nitrogen and oxygen atoms in total. The van der Waals surface area contributed by atoms with Gasteiger partial charge in [-0.15, -0.1) is 0 Å². The average molecular weight is 416 g/mol. The van der Waals surface area contributed by atoms with E-state index in [1.54, 1.807) is 7.05 Å². The van der Waals surface area contributed by atoms with Gasteiger partial charge in [-0.05, 0) is 42.9 Å². The summed E-state index contributed by atoms with van der Waals surface area (Å²) < 4.78 is 0. The number of aliphatic imine (C=N–C) groups is 1. The van der Waals surface area contributed by atoms with Gasteiger partial charge < -0.3 is 10.2 Å². The quantitative estimate of drug-likeness (QED) is 0.454. The third kappa shape index (κ3) is 5.48. The van der Waals surface area contributed by atoms with Crippen molar-refractivity contribution < 1.29 is 0 Å². The topological polar surface area (TPSA) is 53.4 Å². The Balaban J connectivity index is 2.02. The summed E-state index contributed by atoms with van der Waals surface area (Å²) in [5.41, 5.74) is 5.11. The molecule has 0 unspecified atom stereocenters. The number of anilines is 1. The van der Waals surface area contributed by atoms with Gasteiger partial charge in [-0.1, -0.05) is 43.9 Å². The van der Waals surface area contributed by atoms with Gasteiger partial charge in [0, 0.05) is 62.5 Å². The van der Waals surface area contributed by atoms with Crippen LogP contribution in [-0.4, -0.2) is 48.3 Å². The summed E-state index contributed by atoms with van der Waals surface area (Å²) >= 11 is 0. The highest BCUT2D eigenvalue weighted by Crippen LogP contribution is 2.32. The maximum atomic E-state index is 4.95. The fourth-order valence-electron chi connectivity index (χ4n) is 3.86. The minimum Gasteiger partial charge on any atom is -0.383 e. The third-order valence-electron chi connectivity index (χ3n) is 5.46.